The van der Waals surface area contributed by atoms with Crippen LogP contribution in [0.5, 0.6) is 0 Å². The Kier molecular flexibility index (Phi) is 6.42. The lowest BCUT2D eigenvalue weighted by molar-refractivity contribution is -0.137. The van der Waals surface area contributed by atoms with Crippen LogP contribution in [0.2, 0.25) is 0 Å². The Morgan fingerprint density at radius 2 is 1.70 bits per heavy atom. The fourth-order valence-corrected chi connectivity index (χ4v) is 6.31. The Morgan fingerprint density at radius 3 is 2.53 bits per heavy atom. The summed E-state index contributed by atoms with van der Waals surface area (Å²) in [5.41, 5.74) is 4.33. The van der Waals surface area contributed by atoms with Crippen molar-refractivity contribution in [2.75, 3.05) is 32.7 Å². The van der Waals surface area contributed by atoms with Gasteiger partial charge in [0.2, 0.25) is 5.91 Å². The van der Waals surface area contributed by atoms with E-state index in [-0.39, 0.29) is 0 Å². The topological polar surface area (TPSA) is 26.8 Å². The number of amides is 1. The Hall–Kier alpha value is -1.39. The maximum atomic E-state index is 13.0. The summed E-state index contributed by atoms with van der Waals surface area (Å²) in [6.07, 6.45) is 12.5. The van der Waals surface area contributed by atoms with Gasteiger partial charge in [0, 0.05) is 38.1 Å². The highest BCUT2D eigenvalue weighted by molar-refractivity contribution is 5.79. The van der Waals surface area contributed by atoms with Gasteiger partial charge in [0.1, 0.15) is 0 Å². The molecule has 0 aromatic heterocycles. The van der Waals surface area contributed by atoms with E-state index in [2.05, 4.69) is 32.9 Å². The lowest BCUT2D eigenvalue weighted by Gasteiger charge is -2.33. The zero-order valence-electron chi connectivity index (χ0n) is 18.7. The van der Waals surface area contributed by atoms with Crippen LogP contribution in [0.3, 0.4) is 0 Å². The van der Waals surface area contributed by atoms with Crippen LogP contribution in [0, 0.1) is 5.92 Å². The molecule has 1 aromatic carbocycles. The number of benzene rings is 1. The van der Waals surface area contributed by atoms with E-state index in [1.807, 2.05) is 0 Å². The predicted octanol–water partition coefficient (Wildman–Crippen LogP) is 4.21. The van der Waals surface area contributed by atoms with E-state index in [4.69, 9.17) is 0 Å². The molecule has 5 rings (SSSR count). The number of rotatable bonds is 5. The molecule has 4 aliphatic rings. The Morgan fingerprint density at radius 1 is 0.867 bits per heavy atom. The molecule has 0 radical (unpaired) electrons. The van der Waals surface area contributed by atoms with E-state index < -0.39 is 0 Å². The Labute approximate surface area is 182 Å². The summed E-state index contributed by atoms with van der Waals surface area (Å²) in [4.78, 5) is 20.5. The molecular weight excluding hydrogens is 370 g/mol. The molecule has 1 amide bonds. The van der Waals surface area contributed by atoms with Gasteiger partial charge in [-0.15, -0.1) is 0 Å². The van der Waals surface area contributed by atoms with Gasteiger partial charge in [0.05, 0.1) is 0 Å². The minimum Gasteiger partial charge on any atom is -0.338 e. The van der Waals surface area contributed by atoms with Crippen LogP contribution in [0.1, 0.15) is 74.5 Å². The van der Waals surface area contributed by atoms with Gasteiger partial charge in [0.25, 0.3) is 0 Å². The summed E-state index contributed by atoms with van der Waals surface area (Å²) in [6.45, 7) is 7.96. The van der Waals surface area contributed by atoms with E-state index in [0.717, 1.165) is 44.9 Å². The first-order valence-electron chi connectivity index (χ1n) is 12.6. The average molecular weight is 410 g/mol. The Balaban J connectivity index is 1.19. The molecule has 30 heavy (non-hydrogen) atoms. The molecule has 2 saturated heterocycles. The zero-order chi connectivity index (χ0) is 20.3. The van der Waals surface area contributed by atoms with E-state index in [1.165, 1.54) is 87.8 Å². The van der Waals surface area contributed by atoms with E-state index >= 15 is 0 Å². The van der Waals surface area contributed by atoms with Crippen LogP contribution in [0.25, 0.3) is 0 Å². The third-order valence-corrected chi connectivity index (χ3v) is 8.10. The molecule has 164 valence electrons. The second-order valence-corrected chi connectivity index (χ2v) is 10.2. The van der Waals surface area contributed by atoms with Crippen LogP contribution in [0.15, 0.2) is 18.2 Å². The summed E-state index contributed by atoms with van der Waals surface area (Å²) < 4.78 is 0. The lowest BCUT2D eigenvalue weighted by Crippen LogP contribution is -2.40. The highest BCUT2D eigenvalue weighted by Gasteiger charge is 2.30. The number of carbonyl (C=O) groups excluding carboxylic acids is 1. The third kappa shape index (κ3) is 4.60. The van der Waals surface area contributed by atoms with Crippen molar-refractivity contribution in [3.05, 3.63) is 34.9 Å². The molecule has 0 N–H and O–H groups in total. The largest absolute Gasteiger partial charge is 0.338 e. The normalized spacial score (nSPS) is 26.3. The van der Waals surface area contributed by atoms with Crippen LogP contribution in [0.4, 0.5) is 0 Å². The molecule has 3 fully saturated rings. The highest BCUT2D eigenvalue weighted by atomic mass is 16.2. The van der Waals surface area contributed by atoms with Gasteiger partial charge < -0.3 is 9.80 Å². The molecule has 1 aliphatic carbocycles. The quantitative estimate of drug-likeness (QED) is 0.729. The van der Waals surface area contributed by atoms with E-state index in [9.17, 15) is 4.79 Å². The van der Waals surface area contributed by atoms with Crippen molar-refractivity contribution in [3.8, 4) is 0 Å². The molecule has 1 saturated carbocycles. The first kappa shape index (κ1) is 20.5. The van der Waals surface area contributed by atoms with Gasteiger partial charge in [-0.1, -0.05) is 37.5 Å². The van der Waals surface area contributed by atoms with Gasteiger partial charge in [0.15, 0.2) is 0 Å². The molecule has 4 heteroatoms. The van der Waals surface area contributed by atoms with E-state index in [1.54, 1.807) is 0 Å². The summed E-state index contributed by atoms with van der Waals surface area (Å²) in [6, 6.07) is 7.83. The first-order chi connectivity index (χ1) is 14.8. The second-order valence-electron chi connectivity index (χ2n) is 10.2. The Bertz CT molecular complexity index is 736. The first-order valence-corrected chi connectivity index (χ1v) is 12.6. The number of hydrogen-bond donors (Lipinski definition) is 0. The number of likely N-dealkylation sites (tertiary alicyclic amines) is 2. The molecular formula is C26H39N3O. The summed E-state index contributed by atoms with van der Waals surface area (Å²) in [5, 5.41) is 0. The number of nitrogens with zero attached hydrogens (tertiary/aromatic N) is 3. The number of carbonyl (C=O) groups is 1. The summed E-state index contributed by atoms with van der Waals surface area (Å²) in [5.74, 6) is 0.716. The lowest BCUT2D eigenvalue weighted by atomic mass is 9.87. The van der Waals surface area contributed by atoms with Crippen LogP contribution >= 0.6 is 0 Å². The fraction of sp³-hybridized carbons (Fsp3) is 0.731. The number of fused-ring (bicyclic) bond motifs is 1. The van der Waals surface area contributed by atoms with Gasteiger partial charge in [-0.05, 0) is 81.3 Å². The molecule has 4 nitrogen and oxygen atoms in total. The van der Waals surface area contributed by atoms with Gasteiger partial charge in [-0.3, -0.25) is 9.69 Å². The van der Waals surface area contributed by atoms with Crippen molar-refractivity contribution >= 4 is 5.91 Å². The minimum atomic E-state index is 0.294. The van der Waals surface area contributed by atoms with Crippen molar-refractivity contribution < 1.29 is 4.79 Å². The smallest absolute Gasteiger partial charge is 0.225 e. The highest BCUT2D eigenvalue weighted by Crippen LogP contribution is 2.29. The number of hydrogen-bond acceptors (Lipinski definition) is 3. The standard InChI is InChI=1S/C26H39N3O/c30-26(22-7-2-1-3-8-22)29-16-12-23-17-21(10-11-24(23)19-29)18-28-15-6-9-25(28)20-27-13-4-5-14-27/h10-11,17,22,25H,1-9,12-16,18-20H2. The molecule has 1 aromatic rings. The van der Waals surface area contributed by atoms with Gasteiger partial charge >= 0.3 is 0 Å². The van der Waals surface area contributed by atoms with Crippen molar-refractivity contribution in [1.82, 2.24) is 14.7 Å². The van der Waals surface area contributed by atoms with Crippen molar-refractivity contribution in [2.24, 2.45) is 5.92 Å². The molecule has 1 atom stereocenters. The van der Waals surface area contributed by atoms with Crippen molar-refractivity contribution in [2.45, 2.75) is 83.3 Å². The maximum Gasteiger partial charge on any atom is 0.225 e. The second kappa shape index (κ2) is 9.40. The molecule has 1 unspecified atom stereocenters. The maximum absolute atomic E-state index is 13.0. The van der Waals surface area contributed by atoms with Crippen LogP contribution in [-0.2, 0) is 24.3 Å². The van der Waals surface area contributed by atoms with Gasteiger partial charge in [-0.2, -0.15) is 0 Å². The summed E-state index contributed by atoms with van der Waals surface area (Å²) >= 11 is 0. The average Bonchev–Trinajstić information content (AvgIpc) is 3.46. The van der Waals surface area contributed by atoms with Gasteiger partial charge in [-0.25, -0.2) is 0 Å². The monoisotopic (exact) mass is 409 g/mol. The molecule has 0 spiro atoms. The minimum absolute atomic E-state index is 0.294. The third-order valence-electron chi connectivity index (χ3n) is 8.10. The van der Waals surface area contributed by atoms with Crippen LogP contribution < -0.4 is 0 Å². The molecule has 0 bridgehead atoms. The fourth-order valence-electron chi connectivity index (χ4n) is 6.31. The SMILES string of the molecule is O=C(C1CCCCC1)N1CCc2cc(CN3CCCC3CN3CCCC3)ccc2C1. The van der Waals surface area contributed by atoms with E-state index in [0.29, 0.717) is 11.8 Å². The zero-order valence-corrected chi connectivity index (χ0v) is 18.7. The van der Waals surface area contributed by atoms with Crippen molar-refractivity contribution in [1.29, 1.82) is 0 Å². The predicted molar refractivity (Wildman–Crippen MR) is 121 cm³/mol. The molecule has 3 aliphatic heterocycles. The van der Waals surface area contributed by atoms with Crippen molar-refractivity contribution in [3.63, 3.8) is 0 Å². The molecule has 3 heterocycles. The van der Waals surface area contributed by atoms with Crippen LogP contribution in [-0.4, -0.2) is 59.4 Å². The summed E-state index contributed by atoms with van der Waals surface area (Å²) in [7, 11) is 0.